The van der Waals surface area contributed by atoms with E-state index in [1.807, 2.05) is 0 Å². The van der Waals surface area contributed by atoms with Gasteiger partial charge in [0.1, 0.15) is 0 Å². The fraction of sp³-hybridized carbons (Fsp3) is 0.818. The number of nitrogens with zero attached hydrogens (tertiary/aromatic N) is 1. The Bertz CT molecular complexity index is 143. The van der Waals surface area contributed by atoms with Crippen molar-refractivity contribution in [2.24, 2.45) is 11.7 Å². The van der Waals surface area contributed by atoms with E-state index in [4.69, 9.17) is 5.73 Å². The third-order valence-corrected chi connectivity index (χ3v) is 2.06. The van der Waals surface area contributed by atoms with Crippen LogP contribution in [-0.4, -0.2) is 31.6 Å². The van der Waals surface area contributed by atoms with Gasteiger partial charge < -0.3 is 10.6 Å². The van der Waals surface area contributed by atoms with Crippen molar-refractivity contribution in [3.05, 3.63) is 12.2 Å². The number of hydrogen-bond donors (Lipinski definition) is 1. The van der Waals surface area contributed by atoms with Crippen LogP contribution in [0, 0.1) is 5.92 Å². The van der Waals surface area contributed by atoms with Crippen LogP contribution in [0.2, 0.25) is 0 Å². The quantitative estimate of drug-likeness (QED) is 0.612. The molecule has 0 heterocycles. The Morgan fingerprint density at radius 2 is 2.15 bits per heavy atom. The van der Waals surface area contributed by atoms with E-state index in [0.29, 0.717) is 0 Å². The second kappa shape index (κ2) is 7.10. The maximum Gasteiger partial charge on any atom is 0.0184 e. The van der Waals surface area contributed by atoms with Crippen LogP contribution in [0.25, 0.3) is 0 Å². The fourth-order valence-corrected chi connectivity index (χ4v) is 1.61. The minimum atomic E-state index is 0.743. The number of nitrogens with two attached hydrogens (primary N) is 1. The van der Waals surface area contributed by atoms with Gasteiger partial charge in [-0.25, -0.2) is 0 Å². The van der Waals surface area contributed by atoms with Crippen molar-refractivity contribution >= 4 is 0 Å². The number of hydrogen-bond acceptors (Lipinski definition) is 2. The first-order chi connectivity index (χ1) is 6.06. The predicted octanol–water partition coefficient (Wildman–Crippen LogP) is 1.87. The molecular formula is C11H24N2. The minimum Gasteiger partial charge on any atom is -0.330 e. The molecule has 0 saturated heterocycles. The molecule has 0 fully saturated rings. The van der Waals surface area contributed by atoms with Gasteiger partial charge in [-0.2, -0.15) is 0 Å². The highest BCUT2D eigenvalue weighted by molar-refractivity contribution is 4.91. The summed E-state index contributed by atoms with van der Waals surface area (Å²) in [4.78, 5) is 2.32. The van der Waals surface area contributed by atoms with Gasteiger partial charge in [-0.05, 0) is 39.3 Å². The third-order valence-electron chi connectivity index (χ3n) is 2.06. The molecule has 0 aliphatic rings. The van der Waals surface area contributed by atoms with E-state index < -0.39 is 0 Å². The smallest absolute Gasteiger partial charge is 0.0184 e. The Balaban J connectivity index is 3.52. The first-order valence-corrected chi connectivity index (χ1v) is 5.09. The molecule has 0 spiro atoms. The second-order valence-electron chi connectivity index (χ2n) is 4.19. The van der Waals surface area contributed by atoms with Crippen LogP contribution in [0.3, 0.4) is 0 Å². The molecule has 0 radical (unpaired) electrons. The zero-order valence-corrected chi connectivity index (χ0v) is 9.34. The lowest BCUT2D eigenvalue weighted by molar-refractivity contribution is 0.295. The standard InChI is InChI=1S/C11H24N2/c1-10(2)8-13(4)9-11(3)6-5-7-12/h11H,1,5-9,12H2,2-4H3. The van der Waals surface area contributed by atoms with Crippen molar-refractivity contribution in [3.63, 3.8) is 0 Å². The van der Waals surface area contributed by atoms with E-state index in [9.17, 15) is 0 Å². The molecule has 0 aliphatic heterocycles. The summed E-state index contributed by atoms with van der Waals surface area (Å²) < 4.78 is 0. The second-order valence-corrected chi connectivity index (χ2v) is 4.19. The molecule has 2 heteroatoms. The Kier molecular flexibility index (Phi) is 6.92. The van der Waals surface area contributed by atoms with E-state index in [2.05, 4.69) is 32.4 Å². The molecule has 1 unspecified atom stereocenters. The van der Waals surface area contributed by atoms with Crippen molar-refractivity contribution < 1.29 is 0 Å². The van der Waals surface area contributed by atoms with Crippen molar-refractivity contribution in [1.29, 1.82) is 0 Å². The van der Waals surface area contributed by atoms with Gasteiger partial charge in [-0.15, -0.1) is 0 Å². The van der Waals surface area contributed by atoms with Crippen molar-refractivity contribution in [3.8, 4) is 0 Å². The highest BCUT2D eigenvalue weighted by atomic mass is 15.1. The van der Waals surface area contributed by atoms with Crippen LogP contribution in [0.5, 0.6) is 0 Å². The monoisotopic (exact) mass is 184 g/mol. The highest BCUT2D eigenvalue weighted by Gasteiger charge is 2.05. The molecule has 2 N–H and O–H groups in total. The van der Waals surface area contributed by atoms with E-state index in [-0.39, 0.29) is 0 Å². The SMILES string of the molecule is C=C(C)CN(C)CC(C)CCCN. The minimum absolute atomic E-state index is 0.743. The summed E-state index contributed by atoms with van der Waals surface area (Å²) in [7, 11) is 2.15. The topological polar surface area (TPSA) is 29.3 Å². The zero-order chi connectivity index (χ0) is 10.3. The maximum atomic E-state index is 5.46. The summed E-state index contributed by atoms with van der Waals surface area (Å²) in [5, 5.41) is 0. The molecular weight excluding hydrogens is 160 g/mol. The lowest BCUT2D eigenvalue weighted by atomic mass is 10.1. The molecule has 0 rings (SSSR count). The van der Waals surface area contributed by atoms with Crippen molar-refractivity contribution in [2.75, 3.05) is 26.7 Å². The van der Waals surface area contributed by atoms with Gasteiger partial charge in [-0.3, -0.25) is 0 Å². The molecule has 1 atom stereocenters. The first-order valence-electron chi connectivity index (χ1n) is 5.09. The molecule has 2 nitrogen and oxygen atoms in total. The number of rotatable bonds is 7. The Labute approximate surface area is 82.8 Å². The lowest BCUT2D eigenvalue weighted by Crippen LogP contribution is -2.26. The molecule has 13 heavy (non-hydrogen) atoms. The van der Waals surface area contributed by atoms with Gasteiger partial charge in [-0.1, -0.05) is 19.1 Å². The molecule has 78 valence electrons. The Hall–Kier alpha value is -0.340. The predicted molar refractivity (Wildman–Crippen MR) is 59.8 cm³/mol. The molecule has 0 aromatic rings. The Morgan fingerprint density at radius 1 is 1.54 bits per heavy atom. The molecule has 0 aromatic carbocycles. The van der Waals surface area contributed by atoms with E-state index in [1.54, 1.807) is 0 Å². The van der Waals surface area contributed by atoms with Gasteiger partial charge in [0.15, 0.2) is 0 Å². The first kappa shape index (κ1) is 12.7. The van der Waals surface area contributed by atoms with Gasteiger partial charge in [0.05, 0.1) is 0 Å². The maximum absolute atomic E-state index is 5.46. The van der Waals surface area contributed by atoms with Crippen LogP contribution in [-0.2, 0) is 0 Å². The van der Waals surface area contributed by atoms with Crippen LogP contribution in [0.4, 0.5) is 0 Å². The lowest BCUT2D eigenvalue weighted by Gasteiger charge is -2.21. The van der Waals surface area contributed by atoms with Crippen LogP contribution < -0.4 is 5.73 Å². The van der Waals surface area contributed by atoms with Crippen molar-refractivity contribution in [1.82, 2.24) is 4.90 Å². The largest absolute Gasteiger partial charge is 0.330 e. The van der Waals surface area contributed by atoms with Crippen LogP contribution in [0.1, 0.15) is 26.7 Å². The summed E-state index contributed by atoms with van der Waals surface area (Å²) in [6, 6.07) is 0. The average molecular weight is 184 g/mol. The fourth-order valence-electron chi connectivity index (χ4n) is 1.61. The summed E-state index contributed by atoms with van der Waals surface area (Å²) in [5.41, 5.74) is 6.69. The molecule has 0 saturated carbocycles. The highest BCUT2D eigenvalue weighted by Crippen LogP contribution is 2.06. The average Bonchev–Trinajstić information content (AvgIpc) is 1.98. The van der Waals surface area contributed by atoms with Crippen LogP contribution >= 0.6 is 0 Å². The molecule has 0 aliphatic carbocycles. The molecule has 0 aromatic heterocycles. The van der Waals surface area contributed by atoms with Gasteiger partial charge >= 0.3 is 0 Å². The third kappa shape index (κ3) is 8.00. The van der Waals surface area contributed by atoms with E-state index >= 15 is 0 Å². The summed E-state index contributed by atoms with van der Waals surface area (Å²) in [6.45, 7) is 11.2. The Morgan fingerprint density at radius 3 is 2.62 bits per heavy atom. The summed E-state index contributed by atoms with van der Waals surface area (Å²) in [5.74, 6) is 0.743. The van der Waals surface area contributed by atoms with Gasteiger partial charge in [0, 0.05) is 13.1 Å². The summed E-state index contributed by atoms with van der Waals surface area (Å²) in [6.07, 6.45) is 2.37. The van der Waals surface area contributed by atoms with Gasteiger partial charge in [0.25, 0.3) is 0 Å². The number of likely N-dealkylation sites (N-methyl/N-ethyl adjacent to an activating group) is 1. The van der Waals surface area contributed by atoms with Gasteiger partial charge in [0.2, 0.25) is 0 Å². The molecule has 0 amide bonds. The van der Waals surface area contributed by atoms with Crippen molar-refractivity contribution in [2.45, 2.75) is 26.7 Å². The normalized spacial score (nSPS) is 13.3. The zero-order valence-electron chi connectivity index (χ0n) is 9.34. The summed E-state index contributed by atoms with van der Waals surface area (Å²) >= 11 is 0. The van der Waals surface area contributed by atoms with E-state index in [1.165, 1.54) is 12.0 Å². The van der Waals surface area contributed by atoms with Crippen LogP contribution in [0.15, 0.2) is 12.2 Å². The molecule has 0 bridgehead atoms. The van der Waals surface area contributed by atoms with E-state index in [0.717, 1.165) is 32.0 Å².